The van der Waals surface area contributed by atoms with E-state index in [0.717, 1.165) is 5.69 Å². The first kappa shape index (κ1) is 14.5. The summed E-state index contributed by atoms with van der Waals surface area (Å²) in [7, 11) is 1.34. The number of ether oxygens (including phenoxy) is 2. The summed E-state index contributed by atoms with van der Waals surface area (Å²) < 4.78 is 10.1. The Labute approximate surface area is 117 Å². The second-order valence-electron chi connectivity index (χ2n) is 4.61. The molecule has 0 aliphatic carbocycles. The molecular formula is C14H18N2O4. The van der Waals surface area contributed by atoms with Crippen molar-refractivity contribution in [1.82, 2.24) is 9.88 Å². The molecule has 20 heavy (non-hydrogen) atoms. The van der Waals surface area contributed by atoms with Crippen LogP contribution in [0.5, 0.6) is 0 Å². The lowest BCUT2D eigenvalue weighted by molar-refractivity contribution is -0.149. The first-order valence-corrected chi connectivity index (χ1v) is 6.55. The maximum absolute atomic E-state index is 12.2. The van der Waals surface area contributed by atoms with Gasteiger partial charge in [-0.3, -0.25) is 14.6 Å². The first-order chi connectivity index (χ1) is 9.69. The normalized spacial score (nSPS) is 18.6. The zero-order valence-electron chi connectivity index (χ0n) is 11.4. The minimum absolute atomic E-state index is 0.00173. The standard InChI is InChI=1S/C14H18N2O4/c1-19-14(18)9-12-10-16(6-7-20-12)13(17)8-11-4-2-3-5-15-11/h2-5,12H,6-10H2,1H3. The quantitative estimate of drug-likeness (QED) is 0.746. The van der Waals surface area contributed by atoms with E-state index in [2.05, 4.69) is 9.72 Å². The van der Waals surface area contributed by atoms with Gasteiger partial charge in [0.15, 0.2) is 0 Å². The number of methoxy groups -OCH3 is 1. The van der Waals surface area contributed by atoms with Crippen LogP contribution in [0, 0.1) is 0 Å². The fraction of sp³-hybridized carbons (Fsp3) is 0.500. The van der Waals surface area contributed by atoms with Gasteiger partial charge in [-0.05, 0) is 12.1 Å². The number of carbonyl (C=O) groups is 2. The van der Waals surface area contributed by atoms with Gasteiger partial charge in [0.2, 0.25) is 5.91 Å². The van der Waals surface area contributed by atoms with E-state index < -0.39 is 0 Å². The van der Waals surface area contributed by atoms with E-state index in [9.17, 15) is 9.59 Å². The van der Waals surface area contributed by atoms with Crippen molar-refractivity contribution in [3.8, 4) is 0 Å². The van der Waals surface area contributed by atoms with E-state index in [-0.39, 0.29) is 30.8 Å². The minimum Gasteiger partial charge on any atom is -0.469 e. The smallest absolute Gasteiger partial charge is 0.308 e. The van der Waals surface area contributed by atoms with Crippen LogP contribution in [0.2, 0.25) is 0 Å². The summed E-state index contributed by atoms with van der Waals surface area (Å²) in [6.45, 7) is 1.40. The van der Waals surface area contributed by atoms with Crippen LogP contribution in [-0.4, -0.2) is 54.7 Å². The van der Waals surface area contributed by atoms with Crippen LogP contribution in [-0.2, 0) is 25.5 Å². The lowest BCUT2D eigenvalue weighted by Crippen LogP contribution is -2.46. The largest absolute Gasteiger partial charge is 0.469 e. The van der Waals surface area contributed by atoms with Gasteiger partial charge in [0, 0.05) is 25.0 Å². The maximum Gasteiger partial charge on any atom is 0.308 e. The van der Waals surface area contributed by atoms with Crippen molar-refractivity contribution in [2.75, 3.05) is 26.8 Å². The van der Waals surface area contributed by atoms with Crippen LogP contribution in [0.1, 0.15) is 12.1 Å². The van der Waals surface area contributed by atoms with E-state index in [1.54, 1.807) is 11.1 Å². The topological polar surface area (TPSA) is 68.7 Å². The molecule has 6 heteroatoms. The number of aromatic nitrogens is 1. The monoisotopic (exact) mass is 278 g/mol. The van der Waals surface area contributed by atoms with Gasteiger partial charge >= 0.3 is 5.97 Å². The van der Waals surface area contributed by atoms with E-state index >= 15 is 0 Å². The van der Waals surface area contributed by atoms with E-state index in [1.165, 1.54) is 7.11 Å². The summed E-state index contributed by atoms with van der Waals surface area (Å²) in [5, 5.41) is 0. The maximum atomic E-state index is 12.2. The minimum atomic E-state index is -0.325. The number of esters is 1. The Hall–Kier alpha value is -1.95. The van der Waals surface area contributed by atoms with Crippen LogP contribution in [0.25, 0.3) is 0 Å². The van der Waals surface area contributed by atoms with Crippen molar-refractivity contribution in [2.45, 2.75) is 18.9 Å². The Morgan fingerprint density at radius 1 is 1.50 bits per heavy atom. The molecule has 1 atom stereocenters. The van der Waals surface area contributed by atoms with Crippen LogP contribution in [0.3, 0.4) is 0 Å². The van der Waals surface area contributed by atoms with E-state index in [4.69, 9.17) is 4.74 Å². The molecule has 0 N–H and O–H groups in total. The second kappa shape index (κ2) is 7.00. The second-order valence-corrected chi connectivity index (χ2v) is 4.61. The van der Waals surface area contributed by atoms with Gasteiger partial charge in [0.1, 0.15) is 0 Å². The summed E-state index contributed by atoms with van der Waals surface area (Å²) in [4.78, 5) is 29.3. The number of rotatable bonds is 4. The zero-order chi connectivity index (χ0) is 14.4. The first-order valence-electron chi connectivity index (χ1n) is 6.55. The molecule has 1 amide bonds. The van der Waals surface area contributed by atoms with Crippen LogP contribution in [0.15, 0.2) is 24.4 Å². The molecule has 1 aliphatic rings. The Morgan fingerprint density at radius 3 is 3.05 bits per heavy atom. The molecule has 1 unspecified atom stereocenters. The Balaban J connectivity index is 1.88. The number of nitrogens with zero attached hydrogens (tertiary/aromatic N) is 2. The van der Waals surface area contributed by atoms with Gasteiger partial charge in [0.05, 0.1) is 32.7 Å². The van der Waals surface area contributed by atoms with Crippen LogP contribution in [0.4, 0.5) is 0 Å². The summed E-state index contributed by atoms with van der Waals surface area (Å²) >= 11 is 0. The van der Waals surface area contributed by atoms with Crippen molar-refractivity contribution < 1.29 is 19.1 Å². The van der Waals surface area contributed by atoms with E-state index in [0.29, 0.717) is 19.7 Å². The van der Waals surface area contributed by atoms with Gasteiger partial charge in [-0.15, -0.1) is 0 Å². The lowest BCUT2D eigenvalue weighted by atomic mass is 10.2. The Morgan fingerprint density at radius 2 is 2.35 bits per heavy atom. The SMILES string of the molecule is COC(=O)CC1CN(C(=O)Cc2ccccn2)CCO1. The highest BCUT2D eigenvalue weighted by Gasteiger charge is 2.26. The average Bonchev–Trinajstić information content (AvgIpc) is 2.48. The third kappa shape index (κ3) is 4.03. The summed E-state index contributed by atoms with van der Waals surface area (Å²) in [6, 6.07) is 5.49. The molecular weight excluding hydrogens is 260 g/mol. The van der Waals surface area contributed by atoms with Gasteiger partial charge < -0.3 is 14.4 Å². The molecule has 0 bridgehead atoms. The molecule has 6 nitrogen and oxygen atoms in total. The molecule has 0 aromatic carbocycles. The predicted octanol–water partition coefficient (Wildman–Crippen LogP) is 0.415. The van der Waals surface area contributed by atoms with Crippen molar-refractivity contribution in [3.63, 3.8) is 0 Å². The van der Waals surface area contributed by atoms with Gasteiger partial charge in [-0.1, -0.05) is 6.07 Å². The number of carbonyl (C=O) groups excluding carboxylic acids is 2. The molecule has 0 saturated carbocycles. The zero-order valence-corrected chi connectivity index (χ0v) is 11.4. The Kier molecular flexibility index (Phi) is 5.06. The fourth-order valence-electron chi connectivity index (χ4n) is 2.11. The number of morpholine rings is 1. The molecule has 1 aromatic rings. The van der Waals surface area contributed by atoms with Gasteiger partial charge in [-0.25, -0.2) is 0 Å². The summed E-state index contributed by atoms with van der Waals surface area (Å²) in [5.41, 5.74) is 0.744. The van der Waals surface area contributed by atoms with Crippen LogP contribution >= 0.6 is 0 Å². The molecule has 2 rings (SSSR count). The van der Waals surface area contributed by atoms with Crippen LogP contribution < -0.4 is 0 Å². The summed E-state index contributed by atoms with van der Waals surface area (Å²) in [6.07, 6.45) is 1.82. The predicted molar refractivity (Wildman–Crippen MR) is 70.9 cm³/mol. The molecule has 1 saturated heterocycles. The highest BCUT2D eigenvalue weighted by Crippen LogP contribution is 2.11. The Bertz CT molecular complexity index is 464. The fourth-order valence-corrected chi connectivity index (χ4v) is 2.11. The van der Waals surface area contributed by atoms with Crippen molar-refractivity contribution in [1.29, 1.82) is 0 Å². The molecule has 1 fully saturated rings. The molecule has 2 heterocycles. The van der Waals surface area contributed by atoms with Gasteiger partial charge in [-0.2, -0.15) is 0 Å². The molecule has 0 radical (unpaired) electrons. The van der Waals surface area contributed by atoms with E-state index in [1.807, 2.05) is 18.2 Å². The molecule has 108 valence electrons. The third-order valence-corrected chi connectivity index (χ3v) is 3.17. The molecule has 0 spiro atoms. The summed E-state index contributed by atoms with van der Waals surface area (Å²) in [5.74, 6) is -0.323. The number of hydrogen-bond donors (Lipinski definition) is 0. The lowest BCUT2D eigenvalue weighted by Gasteiger charge is -2.32. The van der Waals surface area contributed by atoms with Crippen molar-refractivity contribution in [3.05, 3.63) is 30.1 Å². The average molecular weight is 278 g/mol. The number of pyridine rings is 1. The highest BCUT2D eigenvalue weighted by molar-refractivity contribution is 5.78. The van der Waals surface area contributed by atoms with Crippen molar-refractivity contribution in [2.24, 2.45) is 0 Å². The number of amides is 1. The van der Waals surface area contributed by atoms with Gasteiger partial charge in [0.25, 0.3) is 0 Å². The molecule has 1 aliphatic heterocycles. The highest BCUT2D eigenvalue weighted by atomic mass is 16.5. The molecule has 1 aromatic heterocycles. The number of hydrogen-bond acceptors (Lipinski definition) is 5. The van der Waals surface area contributed by atoms with Crippen molar-refractivity contribution >= 4 is 11.9 Å². The third-order valence-electron chi connectivity index (χ3n) is 3.17.